The molecular weight excluding hydrogens is 387 g/mol. The van der Waals surface area contributed by atoms with Crippen LogP contribution >= 0.6 is 0 Å². The van der Waals surface area contributed by atoms with Gasteiger partial charge in [-0.2, -0.15) is 0 Å². The molecule has 2 aromatic rings. The van der Waals surface area contributed by atoms with E-state index in [1.54, 1.807) is 24.3 Å². The lowest BCUT2D eigenvalue weighted by Crippen LogP contribution is -2.35. The summed E-state index contributed by atoms with van der Waals surface area (Å²) < 4.78 is 24.3. The first kappa shape index (κ1) is 21.5. The molecule has 0 aromatic heterocycles. The van der Waals surface area contributed by atoms with Crippen LogP contribution in [0.1, 0.15) is 26.3 Å². The number of hydrogen-bond acceptors (Lipinski definition) is 5. The zero-order valence-corrected chi connectivity index (χ0v) is 17.3. The summed E-state index contributed by atoms with van der Waals surface area (Å²) in [6.07, 6.45) is -0.0104. The molecule has 2 amide bonds. The summed E-state index contributed by atoms with van der Waals surface area (Å²) in [7, 11) is 0. The Hall–Kier alpha value is -3.19. The Morgan fingerprint density at radius 2 is 1.67 bits per heavy atom. The third-order valence-electron chi connectivity index (χ3n) is 4.50. The van der Waals surface area contributed by atoms with Gasteiger partial charge in [0.2, 0.25) is 0 Å². The predicted molar refractivity (Wildman–Crippen MR) is 112 cm³/mol. The van der Waals surface area contributed by atoms with Crippen molar-refractivity contribution in [1.29, 1.82) is 0 Å². The van der Waals surface area contributed by atoms with Crippen molar-refractivity contribution in [3.05, 3.63) is 65.6 Å². The molecule has 0 aliphatic carbocycles. The lowest BCUT2D eigenvalue weighted by molar-refractivity contribution is -0.137. The Morgan fingerprint density at radius 1 is 1.00 bits per heavy atom. The van der Waals surface area contributed by atoms with Crippen molar-refractivity contribution in [1.82, 2.24) is 4.90 Å². The Balaban J connectivity index is 1.91. The van der Waals surface area contributed by atoms with E-state index in [-0.39, 0.29) is 30.5 Å². The number of ether oxygens (including phenoxy) is 2. The van der Waals surface area contributed by atoms with Crippen molar-refractivity contribution in [2.45, 2.75) is 26.9 Å². The number of halogens is 1. The first-order valence-corrected chi connectivity index (χ1v) is 9.88. The minimum atomic E-state index is -0.444. The average Bonchev–Trinajstić information content (AvgIpc) is 2.94. The summed E-state index contributed by atoms with van der Waals surface area (Å²) in [6.45, 7) is 6.58. The number of benzene rings is 2. The number of nitrogens with zero attached hydrogens (tertiary/aromatic N) is 1. The van der Waals surface area contributed by atoms with Gasteiger partial charge in [-0.3, -0.25) is 14.5 Å². The SMILES string of the molecule is CCOc1ccc(NC2=C(c3ccc(F)cc3)C(=O)N(CCOC(C)C)C2=O)cc1. The number of rotatable bonds is 9. The third kappa shape index (κ3) is 4.86. The molecule has 2 aromatic carbocycles. The van der Waals surface area contributed by atoms with Gasteiger partial charge in [-0.05, 0) is 62.7 Å². The van der Waals surface area contributed by atoms with Crippen LogP contribution in [0.5, 0.6) is 5.75 Å². The van der Waals surface area contributed by atoms with Crippen molar-refractivity contribution < 1.29 is 23.5 Å². The highest BCUT2D eigenvalue weighted by molar-refractivity contribution is 6.36. The van der Waals surface area contributed by atoms with E-state index in [2.05, 4.69) is 5.32 Å². The second kappa shape index (κ2) is 9.54. The molecule has 1 aliphatic rings. The molecule has 0 fully saturated rings. The molecule has 1 heterocycles. The van der Waals surface area contributed by atoms with Gasteiger partial charge in [-0.15, -0.1) is 0 Å². The van der Waals surface area contributed by atoms with Crippen molar-refractivity contribution in [3.63, 3.8) is 0 Å². The molecule has 0 atom stereocenters. The maximum absolute atomic E-state index is 13.4. The highest BCUT2D eigenvalue weighted by Gasteiger charge is 2.39. The highest BCUT2D eigenvalue weighted by Crippen LogP contribution is 2.31. The summed E-state index contributed by atoms with van der Waals surface area (Å²) in [5.74, 6) is -0.593. The fraction of sp³-hybridized carbons (Fsp3) is 0.304. The molecule has 30 heavy (non-hydrogen) atoms. The monoisotopic (exact) mass is 412 g/mol. The van der Waals surface area contributed by atoms with E-state index in [9.17, 15) is 14.0 Å². The number of carbonyl (C=O) groups is 2. The summed E-state index contributed by atoms with van der Waals surface area (Å²) in [4.78, 5) is 27.3. The molecule has 0 spiro atoms. The summed E-state index contributed by atoms with van der Waals surface area (Å²) >= 11 is 0. The van der Waals surface area contributed by atoms with Crippen molar-refractivity contribution in [2.24, 2.45) is 0 Å². The van der Waals surface area contributed by atoms with Gasteiger partial charge >= 0.3 is 0 Å². The van der Waals surface area contributed by atoms with Crippen molar-refractivity contribution in [3.8, 4) is 5.75 Å². The largest absolute Gasteiger partial charge is 0.494 e. The molecule has 0 saturated carbocycles. The maximum atomic E-state index is 13.4. The van der Waals surface area contributed by atoms with Crippen LogP contribution in [0, 0.1) is 5.82 Å². The minimum Gasteiger partial charge on any atom is -0.494 e. The number of carbonyl (C=O) groups excluding carboxylic acids is 2. The van der Waals surface area contributed by atoms with Crippen LogP contribution in [0.15, 0.2) is 54.2 Å². The van der Waals surface area contributed by atoms with E-state index in [0.717, 1.165) is 4.90 Å². The van der Waals surface area contributed by atoms with Crippen LogP contribution in [0.3, 0.4) is 0 Å². The van der Waals surface area contributed by atoms with E-state index in [4.69, 9.17) is 9.47 Å². The quantitative estimate of drug-likeness (QED) is 0.634. The molecular formula is C23H25FN2O4. The van der Waals surface area contributed by atoms with Crippen molar-refractivity contribution in [2.75, 3.05) is 25.1 Å². The Bertz CT molecular complexity index is 937. The zero-order valence-electron chi connectivity index (χ0n) is 17.3. The molecule has 1 N–H and O–H groups in total. The number of hydrogen-bond donors (Lipinski definition) is 1. The molecule has 0 saturated heterocycles. The fourth-order valence-electron chi connectivity index (χ4n) is 3.10. The number of amides is 2. The van der Waals surface area contributed by atoms with Gasteiger partial charge < -0.3 is 14.8 Å². The molecule has 6 nitrogen and oxygen atoms in total. The summed E-state index contributed by atoms with van der Waals surface area (Å²) in [6, 6.07) is 12.6. The van der Waals surface area contributed by atoms with Gasteiger partial charge in [0.1, 0.15) is 17.3 Å². The van der Waals surface area contributed by atoms with Crippen LogP contribution in [-0.4, -0.2) is 42.6 Å². The molecule has 7 heteroatoms. The fourth-order valence-corrected chi connectivity index (χ4v) is 3.10. The zero-order chi connectivity index (χ0) is 21.7. The molecule has 3 rings (SSSR count). The smallest absolute Gasteiger partial charge is 0.278 e. The summed E-state index contributed by atoms with van der Waals surface area (Å²) in [5, 5.41) is 3.06. The number of nitrogens with one attached hydrogen (secondary N) is 1. The van der Waals surface area contributed by atoms with Crippen LogP contribution in [0.2, 0.25) is 0 Å². The minimum absolute atomic E-state index is 0.0104. The molecule has 0 radical (unpaired) electrons. The topological polar surface area (TPSA) is 67.9 Å². The van der Waals surface area contributed by atoms with Crippen LogP contribution in [0.25, 0.3) is 5.57 Å². The van der Waals surface area contributed by atoms with Gasteiger partial charge in [0.15, 0.2) is 0 Å². The first-order valence-electron chi connectivity index (χ1n) is 9.88. The average molecular weight is 412 g/mol. The van der Waals surface area contributed by atoms with Gasteiger partial charge in [0.05, 0.1) is 31.4 Å². The number of imide groups is 1. The van der Waals surface area contributed by atoms with Crippen LogP contribution in [-0.2, 0) is 14.3 Å². The van der Waals surface area contributed by atoms with Crippen LogP contribution in [0.4, 0.5) is 10.1 Å². The maximum Gasteiger partial charge on any atom is 0.278 e. The molecule has 1 aliphatic heterocycles. The Morgan fingerprint density at radius 3 is 2.27 bits per heavy atom. The van der Waals surface area contributed by atoms with E-state index in [1.165, 1.54) is 24.3 Å². The molecule has 0 bridgehead atoms. The number of anilines is 1. The van der Waals surface area contributed by atoms with Crippen molar-refractivity contribution >= 4 is 23.1 Å². The van der Waals surface area contributed by atoms with E-state index >= 15 is 0 Å². The molecule has 0 unspecified atom stereocenters. The van der Waals surface area contributed by atoms with Gasteiger partial charge in [-0.1, -0.05) is 12.1 Å². The van der Waals surface area contributed by atoms with E-state index < -0.39 is 17.6 Å². The van der Waals surface area contributed by atoms with Gasteiger partial charge in [-0.25, -0.2) is 4.39 Å². The summed E-state index contributed by atoms with van der Waals surface area (Å²) in [5.41, 5.74) is 1.46. The lowest BCUT2D eigenvalue weighted by Gasteiger charge is -2.16. The predicted octanol–water partition coefficient (Wildman–Crippen LogP) is 3.84. The standard InChI is InChI=1S/C23H25FN2O4/c1-4-29-19-11-9-18(10-12-19)25-21-20(16-5-7-17(24)8-6-16)22(27)26(23(21)28)13-14-30-15(2)3/h5-12,15,25H,4,13-14H2,1-3H3. The highest BCUT2D eigenvalue weighted by atomic mass is 19.1. The van der Waals surface area contributed by atoms with Crippen LogP contribution < -0.4 is 10.1 Å². The lowest BCUT2D eigenvalue weighted by atomic mass is 10.0. The third-order valence-corrected chi connectivity index (χ3v) is 4.50. The Labute approximate surface area is 175 Å². The normalized spacial score (nSPS) is 14.1. The van der Waals surface area contributed by atoms with Gasteiger partial charge in [0.25, 0.3) is 11.8 Å². The molecule has 158 valence electrons. The van der Waals surface area contributed by atoms with Gasteiger partial charge in [0, 0.05) is 5.69 Å². The van der Waals surface area contributed by atoms with E-state index in [0.29, 0.717) is 23.6 Å². The van der Waals surface area contributed by atoms with E-state index in [1.807, 2.05) is 20.8 Å². The second-order valence-corrected chi connectivity index (χ2v) is 7.02. The Kier molecular flexibility index (Phi) is 6.84. The first-order chi connectivity index (χ1) is 14.4. The second-order valence-electron chi connectivity index (χ2n) is 7.02.